The Labute approximate surface area is 119 Å². The van der Waals surface area contributed by atoms with Crippen molar-refractivity contribution in [1.29, 1.82) is 0 Å². The number of ether oxygens (including phenoxy) is 1. The first-order chi connectivity index (χ1) is 9.61. The molecule has 1 unspecified atom stereocenters. The molecule has 0 saturated carbocycles. The molecule has 20 heavy (non-hydrogen) atoms. The van der Waals surface area contributed by atoms with E-state index in [1.807, 2.05) is 35.2 Å². The molecular weight excluding hydrogens is 256 g/mol. The molecule has 1 heterocycles. The number of hydrogen-bond donors (Lipinski definition) is 0. The number of carbonyl (C=O) groups excluding carboxylic acids is 2. The highest BCUT2D eigenvalue weighted by atomic mass is 16.5. The van der Waals surface area contributed by atoms with E-state index >= 15 is 0 Å². The Morgan fingerprint density at radius 1 is 1.35 bits per heavy atom. The Bertz CT molecular complexity index is 475. The first kappa shape index (κ1) is 14.5. The van der Waals surface area contributed by atoms with Crippen LogP contribution in [0.25, 0.3) is 0 Å². The summed E-state index contributed by atoms with van der Waals surface area (Å²) in [5, 5.41) is 0. The highest BCUT2D eigenvalue weighted by Gasteiger charge is 2.34. The molecule has 0 bridgehead atoms. The average molecular weight is 276 g/mol. The van der Waals surface area contributed by atoms with Crippen LogP contribution in [0.4, 0.5) is 0 Å². The highest BCUT2D eigenvalue weighted by Crippen LogP contribution is 2.15. The molecule has 0 aromatic heterocycles. The van der Waals surface area contributed by atoms with Gasteiger partial charge in [-0.3, -0.25) is 9.69 Å². The zero-order valence-corrected chi connectivity index (χ0v) is 11.9. The molecule has 0 radical (unpaired) electrons. The lowest BCUT2D eigenvalue weighted by Gasteiger charge is -2.23. The van der Waals surface area contributed by atoms with Crippen LogP contribution in [0.5, 0.6) is 0 Å². The molecule has 0 aliphatic carbocycles. The fraction of sp³-hybridized carbons (Fsp3) is 0.467. The van der Waals surface area contributed by atoms with Gasteiger partial charge in [-0.05, 0) is 19.4 Å². The van der Waals surface area contributed by atoms with Crippen LogP contribution in [-0.4, -0.2) is 47.5 Å². The molecule has 1 aliphatic rings. The van der Waals surface area contributed by atoms with Crippen molar-refractivity contribution in [1.82, 2.24) is 9.80 Å². The van der Waals surface area contributed by atoms with Gasteiger partial charge in [0.05, 0.1) is 19.8 Å². The van der Waals surface area contributed by atoms with Gasteiger partial charge in [0, 0.05) is 6.54 Å². The molecule has 1 amide bonds. The Hall–Kier alpha value is -1.88. The minimum absolute atomic E-state index is 0.0264. The lowest BCUT2D eigenvalue weighted by molar-refractivity contribution is -0.152. The summed E-state index contributed by atoms with van der Waals surface area (Å²) < 4.78 is 4.97. The zero-order chi connectivity index (χ0) is 14.5. The molecule has 5 heteroatoms. The van der Waals surface area contributed by atoms with E-state index in [0.717, 1.165) is 5.56 Å². The van der Waals surface area contributed by atoms with Crippen LogP contribution in [0.1, 0.15) is 19.4 Å². The van der Waals surface area contributed by atoms with Crippen LogP contribution < -0.4 is 0 Å². The minimum Gasteiger partial charge on any atom is -0.464 e. The van der Waals surface area contributed by atoms with Gasteiger partial charge in [0.25, 0.3) is 0 Å². The number of carbonyl (C=O) groups is 2. The Balaban J connectivity index is 1.95. The van der Waals surface area contributed by atoms with Crippen molar-refractivity contribution in [3.63, 3.8) is 0 Å². The predicted molar refractivity (Wildman–Crippen MR) is 74.7 cm³/mol. The van der Waals surface area contributed by atoms with Crippen molar-refractivity contribution in [3.05, 3.63) is 35.9 Å². The molecular formula is C15H20N2O3. The minimum atomic E-state index is -0.525. The quantitative estimate of drug-likeness (QED) is 0.759. The largest absolute Gasteiger partial charge is 0.464 e. The van der Waals surface area contributed by atoms with Gasteiger partial charge in [0.1, 0.15) is 6.04 Å². The summed E-state index contributed by atoms with van der Waals surface area (Å²) in [7, 11) is 0. The van der Waals surface area contributed by atoms with Gasteiger partial charge in [0.2, 0.25) is 5.91 Å². The van der Waals surface area contributed by atoms with E-state index in [2.05, 4.69) is 0 Å². The summed E-state index contributed by atoms with van der Waals surface area (Å²) in [6, 6.07) is 9.46. The standard InChI is InChI=1S/C15H20N2O3/c1-3-20-15(19)12(2)17-11-16(10-14(17)18)9-13-7-5-4-6-8-13/h4-8,12H,3,9-11H2,1-2H3. The lowest BCUT2D eigenvalue weighted by atomic mass is 10.2. The maximum Gasteiger partial charge on any atom is 0.328 e. The third-order valence-electron chi connectivity index (χ3n) is 3.38. The summed E-state index contributed by atoms with van der Waals surface area (Å²) >= 11 is 0. The van der Waals surface area contributed by atoms with Gasteiger partial charge in [-0.25, -0.2) is 4.79 Å². The molecule has 5 nitrogen and oxygen atoms in total. The maximum atomic E-state index is 12.0. The first-order valence-electron chi connectivity index (χ1n) is 6.84. The van der Waals surface area contributed by atoms with E-state index in [-0.39, 0.29) is 11.9 Å². The summed E-state index contributed by atoms with van der Waals surface area (Å²) in [6.45, 7) is 5.32. The number of hydrogen-bond acceptors (Lipinski definition) is 4. The van der Waals surface area contributed by atoms with Gasteiger partial charge >= 0.3 is 5.97 Å². The summed E-state index contributed by atoms with van der Waals surface area (Å²) in [5.41, 5.74) is 1.16. The topological polar surface area (TPSA) is 49.9 Å². The molecule has 1 aromatic carbocycles. The highest BCUT2D eigenvalue weighted by molar-refractivity contribution is 5.86. The van der Waals surface area contributed by atoms with Crippen LogP contribution in [0.2, 0.25) is 0 Å². The zero-order valence-electron chi connectivity index (χ0n) is 11.9. The SMILES string of the molecule is CCOC(=O)C(C)N1CN(Cc2ccccc2)CC1=O. The van der Waals surface area contributed by atoms with E-state index in [0.29, 0.717) is 26.4 Å². The van der Waals surface area contributed by atoms with E-state index in [1.165, 1.54) is 0 Å². The normalized spacial score (nSPS) is 17.3. The van der Waals surface area contributed by atoms with Crippen molar-refractivity contribution < 1.29 is 14.3 Å². The fourth-order valence-electron chi connectivity index (χ4n) is 2.30. The lowest BCUT2D eigenvalue weighted by Crippen LogP contribution is -2.41. The fourth-order valence-corrected chi connectivity index (χ4v) is 2.30. The van der Waals surface area contributed by atoms with E-state index in [1.54, 1.807) is 18.7 Å². The van der Waals surface area contributed by atoms with Crippen molar-refractivity contribution in [3.8, 4) is 0 Å². The molecule has 1 atom stereocenters. The molecule has 2 rings (SSSR count). The monoisotopic (exact) mass is 276 g/mol. The van der Waals surface area contributed by atoms with Crippen LogP contribution in [0, 0.1) is 0 Å². The van der Waals surface area contributed by atoms with E-state index in [4.69, 9.17) is 4.74 Å². The number of esters is 1. The second kappa shape index (κ2) is 6.52. The molecule has 1 aromatic rings. The van der Waals surface area contributed by atoms with Gasteiger partial charge in [0.15, 0.2) is 0 Å². The van der Waals surface area contributed by atoms with Crippen molar-refractivity contribution >= 4 is 11.9 Å². The van der Waals surface area contributed by atoms with Crippen LogP contribution >= 0.6 is 0 Å². The molecule has 108 valence electrons. The van der Waals surface area contributed by atoms with Gasteiger partial charge in [-0.1, -0.05) is 30.3 Å². The maximum absolute atomic E-state index is 12.0. The van der Waals surface area contributed by atoms with Gasteiger partial charge in [-0.15, -0.1) is 0 Å². The number of amides is 1. The van der Waals surface area contributed by atoms with Crippen LogP contribution in [-0.2, 0) is 20.9 Å². The molecule has 1 aliphatic heterocycles. The predicted octanol–water partition coefficient (Wildman–Crippen LogP) is 1.24. The molecule has 0 spiro atoms. The smallest absolute Gasteiger partial charge is 0.328 e. The number of nitrogens with zero attached hydrogens (tertiary/aromatic N) is 2. The first-order valence-corrected chi connectivity index (χ1v) is 6.84. The van der Waals surface area contributed by atoms with Crippen LogP contribution in [0.3, 0.4) is 0 Å². The average Bonchev–Trinajstić information content (AvgIpc) is 2.80. The van der Waals surface area contributed by atoms with E-state index in [9.17, 15) is 9.59 Å². The second-order valence-electron chi connectivity index (χ2n) is 4.91. The number of rotatable bonds is 5. The summed E-state index contributed by atoms with van der Waals surface area (Å²) in [6.07, 6.45) is 0. The van der Waals surface area contributed by atoms with Crippen LogP contribution in [0.15, 0.2) is 30.3 Å². The van der Waals surface area contributed by atoms with Crippen molar-refractivity contribution in [2.75, 3.05) is 19.8 Å². The Morgan fingerprint density at radius 3 is 2.70 bits per heavy atom. The van der Waals surface area contributed by atoms with E-state index < -0.39 is 6.04 Å². The van der Waals surface area contributed by atoms with Gasteiger partial charge in [-0.2, -0.15) is 0 Å². The van der Waals surface area contributed by atoms with Crippen molar-refractivity contribution in [2.24, 2.45) is 0 Å². The molecule has 1 fully saturated rings. The molecule has 1 saturated heterocycles. The van der Waals surface area contributed by atoms with Crippen molar-refractivity contribution in [2.45, 2.75) is 26.4 Å². The summed E-state index contributed by atoms with van der Waals surface area (Å²) in [4.78, 5) is 27.3. The summed E-state index contributed by atoms with van der Waals surface area (Å²) in [5.74, 6) is -0.371. The third-order valence-corrected chi connectivity index (χ3v) is 3.38. The Morgan fingerprint density at radius 2 is 2.05 bits per heavy atom. The third kappa shape index (κ3) is 3.36. The molecule has 0 N–H and O–H groups in total. The van der Waals surface area contributed by atoms with Gasteiger partial charge < -0.3 is 9.64 Å². The Kier molecular flexibility index (Phi) is 4.74. The number of benzene rings is 1. The second-order valence-corrected chi connectivity index (χ2v) is 4.91.